The maximum Gasteiger partial charge on any atom is 0.336 e. The molecule has 0 aliphatic carbocycles. The Morgan fingerprint density at radius 1 is 0.933 bits per heavy atom. The summed E-state index contributed by atoms with van der Waals surface area (Å²) in [5.41, 5.74) is 3.29. The highest BCUT2D eigenvalue weighted by Gasteiger charge is 2.29. The fraction of sp³-hybridized carbons (Fsp3) is 0.323. The summed E-state index contributed by atoms with van der Waals surface area (Å²) in [5.74, 6) is 1.01. The quantitative estimate of drug-likeness (QED) is 0.110. The number of nitrogens with one attached hydrogen (secondary N) is 3. The van der Waals surface area contributed by atoms with Crippen LogP contribution in [-0.2, 0) is 25.7 Å². The van der Waals surface area contributed by atoms with E-state index in [-0.39, 0.29) is 33.3 Å². The Kier molecular flexibility index (Phi) is 10.8. The summed E-state index contributed by atoms with van der Waals surface area (Å²) in [4.78, 5) is 29.9. The number of pyridine rings is 1. The van der Waals surface area contributed by atoms with Gasteiger partial charge in [-0.25, -0.2) is 32.9 Å². The summed E-state index contributed by atoms with van der Waals surface area (Å²) in [5, 5.41) is 6.36. The van der Waals surface area contributed by atoms with E-state index in [4.69, 9.17) is 4.18 Å². The molecule has 0 saturated carbocycles. The summed E-state index contributed by atoms with van der Waals surface area (Å²) in [6.45, 7) is 7.46. The van der Waals surface area contributed by atoms with Gasteiger partial charge in [0.05, 0.1) is 17.2 Å². The number of hydrogen-bond acceptors (Lipinski definition) is 10. The molecule has 0 spiro atoms. The summed E-state index contributed by atoms with van der Waals surface area (Å²) in [6.07, 6.45) is 7.74. The smallest absolute Gasteiger partial charge is 0.336 e. The Bertz CT molecular complexity index is 1730. The van der Waals surface area contributed by atoms with Crippen LogP contribution < -0.4 is 15.4 Å². The van der Waals surface area contributed by atoms with Crippen molar-refractivity contribution < 1.29 is 22.4 Å². The summed E-state index contributed by atoms with van der Waals surface area (Å²) >= 11 is 0. The third-order valence-electron chi connectivity index (χ3n) is 7.13. The number of aromatic nitrogens is 3. The van der Waals surface area contributed by atoms with Crippen molar-refractivity contribution in [1.82, 2.24) is 19.7 Å². The van der Waals surface area contributed by atoms with E-state index in [1.54, 1.807) is 30.6 Å². The lowest BCUT2D eigenvalue weighted by Crippen LogP contribution is -2.29. The number of nitrogens with zero attached hydrogens (tertiary/aromatic N) is 4. The second-order valence-corrected chi connectivity index (χ2v) is 17.0. The molecule has 0 bridgehead atoms. The van der Waals surface area contributed by atoms with E-state index in [0.717, 1.165) is 16.8 Å². The van der Waals surface area contributed by atoms with Crippen LogP contribution in [0.4, 0.5) is 23.1 Å². The summed E-state index contributed by atoms with van der Waals surface area (Å²) in [7, 11) is -4.01. The molecule has 240 valence electrons. The van der Waals surface area contributed by atoms with Gasteiger partial charge in [-0.2, -0.15) is 0 Å². The van der Waals surface area contributed by atoms with Gasteiger partial charge in [0.2, 0.25) is 16.0 Å². The van der Waals surface area contributed by atoms with Gasteiger partial charge in [0.15, 0.2) is 12.0 Å². The molecule has 0 aliphatic rings. The van der Waals surface area contributed by atoms with Crippen LogP contribution in [0.1, 0.15) is 26.3 Å². The second kappa shape index (κ2) is 14.3. The molecule has 0 radical (unpaired) electrons. The molecule has 0 atom stereocenters. The lowest BCUT2D eigenvalue weighted by Gasteiger charge is -2.43. The van der Waals surface area contributed by atoms with Crippen LogP contribution >= 0.6 is 10.3 Å². The third-order valence-corrected chi connectivity index (χ3v) is 12.3. The molecule has 3 N–H and O–H groups in total. The van der Waals surface area contributed by atoms with E-state index in [1.807, 2.05) is 30.3 Å². The van der Waals surface area contributed by atoms with Crippen molar-refractivity contribution in [1.29, 1.82) is 0 Å². The largest absolute Gasteiger partial charge is 0.369 e. The number of rotatable bonds is 14. The van der Waals surface area contributed by atoms with Crippen LogP contribution in [0.3, 0.4) is 0 Å². The first kappa shape index (κ1) is 33.8. The Balaban J connectivity index is 1.33. The van der Waals surface area contributed by atoms with Crippen molar-refractivity contribution in [3.05, 3.63) is 89.6 Å². The Morgan fingerprint density at radius 3 is 2.42 bits per heavy atom. The Hall–Kier alpha value is -4.11. The van der Waals surface area contributed by atoms with Crippen molar-refractivity contribution in [3.63, 3.8) is 0 Å². The zero-order valence-electron chi connectivity index (χ0n) is 26.3. The van der Waals surface area contributed by atoms with Crippen molar-refractivity contribution in [2.75, 3.05) is 43.3 Å². The van der Waals surface area contributed by atoms with Crippen LogP contribution in [0.15, 0.2) is 84.0 Å². The number of para-hydroxylation sites is 1. The normalized spacial score (nSPS) is 12.4. The van der Waals surface area contributed by atoms with Gasteiger partial charge < -0.3 is 14.8 Å². The van der Waals surface area contributed by atoms with Crippen molar-refractivity contribution >= 4 is 43.5 Å². The van der Waals surface area contributed by atoms with Gasteiger partial charge in [-0.15, -0.1) is 10.3 Å². The molecule has 4 rings (SSSR count). The third kappa shape index (κ3) is 8.97. The molecule has 12 nitrogen and oxygen atoms in total. The van der Waals surface area contributed by atoms with Crippen molar-refractivity contribution in [3.8, 4) is 11.3 Å². The minimum absolute atomic E-state index is 0.0652. The molecule has 45 heavy (non-hydrogen) atoms. The number of sulfonamides is 1. The predicted molar refractivity (Wildman–Crippen MR) is 179 cm³/mol. The maximum absolute atomic E-state index is 12.7. The van der Waals surface area contributed by atoms with Crippen LogP contribution in [0.25, 0.3) is 11.3 Å². The molecule has 2 aromatic carbocycles. The van der Waals surface area contributed by atoms with Gasteiger partial charge in [0.25, 0.3) is 4.92 Å². The zero-order chi connectivity index (χ0) is 32.7. The van der Waals surface area contributed by atoms with Gasteiger partial charge in [-0.1, -0.05) is 45.0 Å². The molecule has 0 amide bonds. The first-order valence-electron chi connectivity index (χ1n) is 14.2. The molecular formula is C31H40N7O5S2+. The number of anilines is 3. The minimum Gasteiger partial charge on any atom is -0.369 e. The van der Waals surface area contributed by atoms with Crippen molar-refractivity contribution in [2.45, 2.75) is 37.0 Å². The van der Waals surface area contributed by atoms with Gasteiger partial charge in [-0.05, 0) is 54.5 Å². The van der Waals surface area contributed by atoms with E-state index in [9.17, 15) is 13.3 Å². The minimum atomic E-state index is -3.94. The van der Waals surface area contributed by atoms with E-state index < -0.39 is 20.3 Å². The summed E-state index contributed by atoms with van der Waals surface area (Å²) in [6, 6.07) is 19.3. The Labute approximate surface area is 266 Å². The zero-order valence-corrected chi connectivity index (χ0v) is 27.9. The Morgan fingerprint density at radius 2 is 1.71 bits per heavy atom. The first-order valence-corrected chi connectivity index (χ1v) is 18.0. The molecule has 14 heteroatoms. The molecular weight excluding hydrogens is 615 g/mol. The van der Waals surface area contributed by atoms with Crippen LogP contribution in [0.2, 0.25) is 0 Å². The summed E-state index contributed by atoms with van der Waals surface area (Å²) < 4.78 is 34.4. The average molecular weight is 655 g/mol. The molecule has 2 aromatic heterocycles. The van der Waals surface area contributed by atoms with Crippen LogP contribution in [0.5, 0.6) is 0 Å². The topological polar surface area (TPSA) is 147 Å². The lowest BCUT2D eigenvalue weighted by atomic mass is 10.2. The first-order chi connectivity index (χ1) is 21.3. The molecule has 0 unspecified atom stereocenters. The molecule has 0 saturated heterocycles. The molecule has 2 heterocycles. The van der Waals surface area contributed by atoms with E-state index in [0.29, 0.717) is 24.1 Å². The van der Waals surface area contributed by atoms with E-state index in [1.165, 1.54) is 25.3 Å². The average Bonchev–Trinajstić information content (AvgIpc) is 3.02. The SMILES string of the molecule is CO[N+](=O)c1ccccc1S(=O)(=O)NCCNc1ccc(-c2ccnc(Nc3cccc(COS(C)(C)C(C)(C)C)c3)n2)cn1. The number of benzene rings is 2. The highest BCUT2D eigenvalue weighted by atomic mass is 32.3. The van der Waals surface area contributed by atoms with E-state index in [2.05, 4.69) is 68.4 Å². The maximum atomic E-state index is 12.7. The van der Waals surface area contributed by atoms with E-state index >= 15 is 0 Å². The molecule has 4 aromatic rings. The van der Waals surface area contributed by atoms with Gasteiger partial charge in [0, 0.05) is 47.5 Å². The lowest BCUT2D eigenvalue weighted by molar-refractivity contribution is -0.738. The van der Waals surface area contributed by atoms with Crippen molar-refractivity contribution in [2.24, 2.45) is 0 Å². The van der Waals surface area contributed by atoms with Crippen LogP contribution in [0, 0.1) is 4.91 Å². The van der Waals surface area contributed by atoms with Gasteiger partial charge in [0.1, 0.15) is 5.82 Å². The number of hydrogen-bond donors (Lipinski definition) is 3. The molecule has 0 aliphatic heterocycles. The van der Waals surface area contributed by atoms with Gasteiger partial charge >= 0.3 is 5.69 Å². The molecule has 0 fully saturated rings. The fourth-order valence-electron chi connectivity index (χ4n) is 3.88. The predicted octanol–water partition coefficient (Wildman–Crippen LogP) is 5.94. The highest BCUT2D eigenvalue weighted by molar-refractivity contribution is 8.29. The fourth-order valence-corrected chi connectivity index (χ4v) is 5.86. The monoisotopic (exact) mass is 654 g/mol. The standard InChI is InChI=1S/C31H40N7O5S2/c1-31(2,3)44(5,6)43-22-23-10-9-11-25(20-23)36-30-33-17-16-26(37-30)24-14-15-29(34-21-24)32-18-19-35-45(40,41)28-13-8-7-12-27(28)38(39)42-4/h7-17,20-21,35H,18-19,22H2,1-6H3,(H,32,34)(H,33,36,37)/q+1. The van der Waals surface area contributed by atoms with Crippen LogP contribution in [-0.4, -0.2) is 65.8 Å². The second-order valence-electron chi connectivity index (χ2n) is 11.4. The van der Waals surface area contributed by atoms with Gasteiger partial charge in [-0.3, -0.25) is 0 Å². The highest BCUT2D eigenvalue weighted by Crippen LogP contribution is 2.54.